The lowest BCUT2D eigenvalue weighted by molar-refractivity contribution is 0.0787. The van der Waals surface area contributed by atoms with E-state index in [0.29, 0.717) is 11.5 Å². The van der Waals surface area contributed by atoms with Gasteiger partial charge in [-0.15, -0.1) is 11.3 Å². The fourth-order valence-corrected chi connectivity index (χ4v) is 3.16. The lowest BCUT2D eigenvalue weighted by Crippen LogP contribution is -2.28. The summed E-state index contributed by atoms with van der Waals surface area (Å²) in [4.78, 5) is 19.8. The number of likely N-dealkylation sites (tertiary alicyclic amines) is 1. The molecule has 2 aromatic heterocycles. The average Bonchev–Trinajstić information content (AvgIpc) is 3.16. The maximum atomic E-state index is 12.3. The number of thiophene rings is 1. The third-order valence-electron chi connectivity index (χ3n) is 3.75. The highest BCUT2D eigenvalue weighted by molar-refractivity contribution is 7.09. The van der Waals surface area contributed by atoms with Crippen molar-refractivity contribution in [1.29, 1.82) is 0 Å². The molecule has 2 aromatic rings. The first-order valence-electron chi connectivity index (χ1n) is 7.24. The van der Waals surface area contributed by atoms with Gasteiger partial charge in [0.15, 0.2) is 0 Å². The fraction of sp³-hybridized carbons (Fsp3) is 0.375. The van der Waals surface area contributed by atoms with E-state index in [2.05, 4.69) is 28.7 Å². The maximum absolute atomic E-state index is 12.3. The van der Waals surface area contributed by atoms with Crippen LogP contribution in [0.2, 0.25) is 0 Å². The summed E-state index contributed by atoms with van der Waals surface area (Å²) >= 11 is 1.72. The summed E-state index contributed by atoms with van der Waals surface area (Å²) in [5.74, 6) is 1.50. The monoisotopic (exact) mass is 301 g/mol. The van der Waals surface area contributed by atoms with Gasteiger partial charge in [-0.1, -0.05) is 13.0 Å². The fourth-order valence-electron chi connectivity index (χ4n) is 2.52. The molecule has 1 aliphatic rings. The van der Waals surface area contributed by atoms with E-state index in [0.717, 1.165) is 31.9 Å². The molecule has 21 heavy (non-hydrogen) atoms. The van der Waals surface area contributed by atoms with Crippen LogP contribution in [0.1, 0.15) is 28.6 Å². The van der Waals surface area contributed by atoms with Crippen LogP contribution in [0.15, 0.2) is 35.8 Å². The van der Waals surface area contributed by atoms with Crippen molar-refractivity contribution in [3.05, 3.63) is 46.3 Å². The summed E-state index contributed by atoms with van der Waals surface area (Å²) in [6.07, 6.45) is 2.77. The molecule has 3 heterocycles. The molecule has 0 bridgehead atoms. The number of carbonyl (C=O) groups is 1. The first-order chi connectivity index (χ1) is 10.2. The lowest BCUT2D eigenvalue weighted by atomic mass is 10.2. The van der Waals surface area contributed by atoms with Gasteiger partial charge in [-0.2, -0.15) is 0 Å². The Kier molecular flexibility index (Phi) is 4.20. The maximum Gasteiger partial charge on any atom is 0.255 e. The largest absolute Gasteiger partial charge is 0.365 e. The van der Waals surface area contributed by atoms with Crippen molar-refractivity contribution in [2.24, 2.45) is 5.92 Å². The van der Waals surface area contributed by atoms with Crippen molar-refractivity contribution in [3.63, 3.8) is 0 Å². The second-order valence-corrected chi connectivity index (χ2v) is 6.54. The summed E-state index contributed by atoms with van der Waals surface area (Å²) in [6, 6.07) is 7.85. The van der Waals surface area contributed by atoms with Crippen LogP contribution >= 0.6 is 11.3 Å². The van der Waals surface area contributed by atoms with E-state index < -0.39 is 0 Å². The SMILES string of the molecule is C[C@H]1CCN(C(=O)c2ccc(NCc3cccs3)nc2)C1. The molecule has 1 atom stereocenters. The quantitative estimate of drug-likeness (QED) is 0.943. The van der Waals surface area contributed by atoms with Crippen molar-refractivity contribution in [3.8, 4) is 0 Å². The van der Waals surface area contributed by atoms with Crippen molar-refractivity contribution >= 4 is 23.1 Å². The van der Waals surface area contributed by atoms with Crippen LogP contribution in [0, 0.1) is 5.92 Å². The molecule has 110 valence electrons. The molecule has 0 unspecified atom stereocenters. The van der Waals surface area contributed by atoms with Crippen LogP contribution in [0.3, 0.4) is 0 Å². The van der Waals surface area contributed by atoms with Crippen molar-refractivity contribution in [2.45, 2.75) is 19.9 Å². The van der Waals surface area contributed by atoms with Crippen LogP contribution < -0.4 is 5.32 Å². The molecule has 1 aliphatic heterocycles. The number of pyridine rings is 1. The Bertz CT molecular complexity index is 594. The number of amides is 1. The summed E-state index contributed by atoms with van der Waals surface area (Å²) in [7, 11) is 0. The zero-order valence-electron chi connectivity index (χ0n) is 12.1. The minimum Gasteiger partial charge on any atom is -0.365 e. The molecule has 0 saturated carbocycles. The van der Waals surface area contributed by atoms with Crippen LogP contribution in [0.25, 0.3) is 0 Å². The summed E-state index contributed by atoms with van der Waals surface area (Å²) in [5, 5.41) is 5.32. The topological polar surface area (TPSA) is 45.2 Å². The van der Waals surface area contributed by atoms with Crippen molar-refractivity contribution in [1.82, 2.24) is 9.88 Å². The number of aromatic nitrogens is 1. The molecular weight excluding hydrogens is 282 g/mol. The zero-order chi connectivity index (χ0) is 14.7. The standard InChI is InChI=1S/C16H19N3OS/c1-12-6-7-19(11-12)16(20)13-4-5-15(17-9-13)18-10-14-3-2-8-21-14/h2-5,8-9,12H,6-7,10-11H2,1H3,(H,17,18)/t12-/m0/s1. The van der Waals surface area contributed by atoms with Gasteiger partial charge in [0.05, 0.1) is 12.1 Å². The minimum absolute atomic E-state index is 0.0941. The van der Waals surface area contributed by atoms with Gasteiger partial charge in [0, 0.05) is 24.2 Å². The number of rotatable bonds is 4. The normalized spacial score (nSPS) is 18.0. The lowest BCUT2D eigenvalue weighted by Gasteiger charge is -2.15. The highest BCUT2D eigenvalue weighted by Gasteiger charge is 2.24. The first-order valence-corrected chi connectivity index (χ1v) is 8.12. The summed E-state index contributed by atoms with van der Waals surface area (Å²) < 4.78 is 0. The van der Waals surface area contributed by atoms with E-state index in [-0.39, 0.29) is 5.91 Å². The molecule has 1 saturated heterocycles. The smallest absolute Gasteiger partial charge is 0.255 e. The molecule has 3 rings (SSSR count). The number of carbonyl (C=O) groups excluding carboxylic acids is 1. The average molecular weight is 301 g/mol. The van der Waals surface area contributed by atoms with E-state index in [1.165, 1.54) is 4.88 Å². The predicted molar refractivity (Wildman–Crippen MR) is 85.6 cm³/mol. The summed E-state index contributed by atoms with van der Waals surface area (Å²) in [6.45, 7) is 4.67. The van der Waals surface area contributed by atoms with Crippen LogP contribution in [-0.4, -0.2) is 28.9 Å². The van der Waals surface area contributed by atoms with Gasteiger partial charge in [-0.25, -0.2) is 4.98 Å². The van der Waals surface area contributed by atoms with Gasteiger partial charge in [-0.3, -0.25) is 4.79 Å². The minimum atomic E-state index is 0.0941. The van der Waals surface area contributed by atoms with Gasteiger partial charge in [0.1, 0.15) is 5.82 Å². The first kappa shape index (κ1) is 14.1. The van der Waals surface area contributed by atoms with Crippen LogP contribution in [0.5, 0.6) is 0 Å². The number of anilines is 1. The van der Waals surface area contributed by atoms with Gasteiger partial charge >= 0.3 is 0 Å². The van der Waals surface area contributed by atoms with Crippen LogP contribution in [-0.2, 0) is 6.54 Å². The molecule has 4 nitrogen and oxygen atoms in total. The van der Waals surface area contributed by atoms with Gasteiger partial charge in [-0.05, 0) is 35.9 Å². The molecule has 0 spiro atoms. The molecule has 0 aromatic carbocycles. The molecular formula is C16H19N3OS. The highest BCUT2D eigenvalue weighted by atomic mass is 32.1. The Morgan fingerprint density at radius 2 is 2.38 bits per heavy atom. The Labute approximate surface area is 128 Å². The number of hydrogen-bond donors (Lipinski definition) is 1. The van der Waals surface area contributed by atoms with Crippen molar-refractivity contribution in [2.75, 3.05) is 18.4 Å². The molecule has 0 aliphatic carbocycles. The number of hydrogen-bond acceptors (Lipinski definition) is 4. The van der Waals surface area contributed by atoms with Gasteiger partial charge in [0.25, 0.3) is 5.91 Å². The zero-order valence-corrected chi connectivity index (χ0v) is 12.9. The van der Waals surface area contributed by atoms with E-state index in [4.69, 9.17) is 0 Å². The Morgan fingerprint density at radius 3 is 3.00 bits per heavy atom. The Hall–Kier alpha value is -1.88. The second kappa shape index (κ2) is 6.26. The van der Waals surface area contributed by atoms with Gasteiger partial charge in [0.2, 0.25) is 0 Å². The highest BCUT2D eigenvalue weighted by Crippen LogP contribution is 2.18. The second-order valence-electron chi connectivity index (χ2n) is 5.51. The number of nitrogens with zero attached hydrogens (tertiary/aromatic N) is 2. The molecule has 1 N–H and O–H groups in total. The molecule has 1 fully saturated rings. The predicted octanol–water partition coefficient (Wildman–Crippen LogP) is 3.24. The molecule has 5 heteroatoms. The summed E-state index contributed by atoms with van der Waals surface area (Å²) in [5.41, 5.74) is 0.672. The van der Waals surface area contributed by atoms with E-state index in [1.54, 1.807) is 17.5 Å². The third kappa shape index (κ3) is 3.42. The third-order valence-corrected chi connectivity index (χ3v) is 4.62. The Morgan fingerprint density at radius 1 is 1.48 bits per heavy atom. The van der Waals surface area contributed by atoms with Crippen molar-refractivity contribution < 1.29 is 4.79 Å². The number of nitrogens with one attached hydrogen (secondary N) is 1. The van der Waals surface area contributed by atoms with E-state index in [1.807, 2.05) is 23.1 Å². The van der Waals surface area contributed by atoms with Crippen LogP contribution in [0.4, 0.5) is 5.82 Å². The molecule has 0 radical (unpaired) electrons. The molecule has 1 amide bonds. The van der Waals surface area contributed by atoms with E-state index >= 15 is 0 Å². The Balaban J connectivity index is 1.59. The van der Waals surface area contributed by atoms with E-state index in [9.17, 15) is 4.79 Å². The van der Waals surface area contributed by atoms with Gasteiger partial charge < -0.3 is 10.2 Å².